The lowest BCUT2D eigenvalue weighted by atomic mass is 9.87. The Bertz CT molecular complexity index is 951. The molecule has 0 aromatic heterocycles. The number of benzene rings is 2. The molecule has 2 aromatic carbocycles. The fraction of sp³-hybridized carbons (Fsp3) is 0.350. The summed E-state index contributed by atoms with van der Waals surface area (Å²) in [5.41, 5.74) is 1.41. The number of carbonyl (C=O) groups excluding carboxylic acids is 1. The summed E-state index contributed by atoms with van der Waals surface area (Å²) < 4.78 is 31.5. The maximum absolute atomic E-state index is 12.6. The summed E-state index contributed by atoms with van der Waals surface area (Å²) in [4.78, 5) is 12.6. The number of methoxy groups -OCH3 is 1. The van der Waals surface area contributed by atoms with Gasteiger partial charge in [0.05, 0.1) is 24.2 Å². The minimum atomic E-state index is -3.81. The molecular weight excluding hydrogens is 400 g/mol. The molecular formula is C20H25ClN2O4S. The number of sulfonamides is 1. The molecule has 6 nitrogen and oxygen atoms in total. The molecule has 152 valence electrons. The SMILES string of the molecule is COc1ccc(C(C)(C)C)cc1NC(=O)CN(C)S(=O)(=O)c1ccc(Cl)cc1. The fourth-order valence-corrected chi connectivity index (χ4v) is 3.79. The number of anilines is 1. The minimum absolute atomic E-state index is 0.0690. The topological polar surface area (TPSA) is 75.7 Å². The summed E-state index contributed by atoms with van der Waals surface area (Å²) >= 11 is 5.80. The van der Waals surface area contributed by atoms with E-state index in [2.05, 4.69) is 26.1 Å². The van der Waals surface area contributed by atoms with Crippen LogP contribution in [0.3, 0.4) is 0 Å². The largest absolute Gasteiger partial charge is 0.495 e. The highest BCUT2D eigenvalue weighted by atomic mass is 35.5. The van der Waals surface area contributed by atoms with E-state index in [9.17, 15) is 13.2 Å². The lowest BCUT2D eigenvalue weighted by molar-refractivity contribution is -0.116. The van der Waals surface area contributed by atoms with Gasteiger partial charge in [-0.3, -0.25) is 4.79 Å². The molecule has 28 heavy (non-hydrogen) atoms. The molecule has 0 saturated heterocycles. The Balaban J connectivity index is 2.18. The fourth-order valence-electron chi connectivity index (χ4n) is 2.54. The maximum atomic E-state index is 12.6. The Labute approximate surface area is 171 Å². The van der Waals surface area contributed by atoms with Gasteiger partial charge < -0.3 is 10.1 Å². The number of halogens is 1. The number of ether oxygens (including phenoxy) is 1. The van der Waals surface area contributed by atoms with Gasteiger partial charge in [0.25, 0.3) is 0 Å². The zero-order chi connectivity index (χ0) is 21.1. The Hall–Kier alpha value is -2.09. The maximum Gasteiger partial charge on any atom is 0.243 e. The van der Waals surface area contributed by atoms with Crippen molar-refractivity contribution in [2.75, 3.05) is 26.0 Å². The minimum Gasteiger partial charge on any atom is -0.495 e. The van der Waals surface area contributed by atoms with Crippen LogP contribution in [0.5, 0.6) is 5.75 Å². The third-order valence-electron chi connectivity index (χ3n) is 4.23. The van der Waals surface area contributed by atoms with Gasteiger partial charge in [0.1, 0.15) is 5.75 Å². The number of hydrogen-bond donors (Lipinski definition) is 1. The molecule has 0 bridgehead atoms. The average Bonchev–Trinajstić information content (AvgIpc) is 2.61. The standard InChI is InChI=1S/C20H25ClN2O4S/c1-20(2,3)14-6-11-18(27-5)17(12-14)22-19(24)13-23(4)28(25,26)16-9-7-15(21)8-10-16/h6-12H,13H2,1-5H3,(H,22,24). The molecule has 1 N–H and O–H groups in total. The molecule has 2 rings (SSSR count). The molecule has 2 aromatic rings. The Kier molecular flexibility index (Phi) is 6.75. The summed E-state index contributed by atoms with van der Waals surface area (Å²) in [6.07, 6.45) is 0. The second kappa shape index (κ2) is 8.51. The predicted octanol–water partition coefficient (Wildman–Crippen LogP) is 3.91. The van der Waals surface area contributed by atoms with Gasteiger partial charge in [0, 0.05) is 12.1 Å². The van der Waals surface area contributed by atoms with E-state index in [1.807, 2.05) is 12.1 Å². The number of nitrogens with one attached hydrogen (secondary N) is 1. The van der Waals surface area contributed by atoms with Crippen LogP contribution in [0.4, 0.5) is 5.69 Å². The Morgan fingerprint density at radius 3 is 2.29 bits per heavy atom. The molecule has 0 fully saturated rings. The zero-order valence-electron chi connectivity index (χ0n) is 16.6. The summed E-state index contributed by atoms with van der Waals surface area (Å²) in [6, 6.07) is 11.3. The van der Waals surface area contributed by atoms with Gasteiger partial charge in [-0.15, -0.1) is 0 Å². The van der Waals surface area contributed by atoms with Crippen LogP contribution in [0.15, 0.2) is 47.4 Å². The quantitative estimate of drug-likeness (QED) is 0.762. The Morgan fingerprint density at radius 2 is 1.75 bits per heavy atom. The summed E-state index contributed by atoms with van der Waals surface area (Å²) in [5.74, 6) is 0.0361. The molecule has 0 aliphatic carbocycles. The summed E-state index contributed by atoms with van der Waals surface area (Å²) in [6.45, 7) is 5.85. The van der Waals surface area contributed by atoms with Crippen LogP contribution in [0, 0.1) is 0 Å². The van der Waals surface area contributed by atoms with Crippen molar-refractivity contribution in [1.29, 1.82) is 0 Å². The van der Waals surface area contributed by atoms with Gasteiger partial charge in [0.2, 0.25) is 15.9 Å². The van der Waals surface area contributed by atoms with Crippen LogP contribution in [0.2, 0.25) is 5.02 Å². The van der Waals surface area contributed by atoms with Gasteiger partial charge in [-0.25, -0.2) is 8.42 Å². The monoisotopic (exact) mass is 424 g/mol. The van der Waals surface area contributed by atoms with E-state index in [0.717, 1.165) is 9.87 Å². The van der Waals surface area contributed by atoms with Gasteiger partial charge in [-0.05, 0) is 47.4 Å². The molecule has 0 unspecified atom stereocenters. The number of likely N-dealkylation sites (N-methyl/N-ethyl adjacent to an activating group) is 1. The van der Waals surface area contributed by atoms with Crippen LogP contribution < -0.4 is 10.1 Å². The number of hydrogen-bond acceptors (Lipinski definition) is 4. The first-order valence-corrected chi connectivity index (χ1v) is 10.5. The highest BCUT2D eigenvalue weighted by molar-refractivity contribution is 7.89. The van der Waals surface area contributed by atoms with Crippen molar-refractivity contribution in [3.63, 3.8) is 0 Å². The van der Waals surface area contributed by atoms with E-state index < -0.39 is 15.9 Å². The second-order valence-corrected chi connectivity index (χ2v) is 9.91. The molecule has 0 aliphatic rings. The van der Waals surface area contributed by atoms with Gasteiger partial charge in [0.15, 0.2) is 0 Å². The molecule has 0 aliphatic heterocycles. The molecule has 1 amide bonds. The number of amides is 1. The summed E-state index contributed by atoms with van der Waals surface area (Å²) in [5, 5.41) is 3.18. The van der Waals surface area contributed by atoms with Gasteiger partial charge >= 0.3 is 0 Å². The second-order valence-electron chi connectivity index (χ2n) is 7.43. The zero-order valence-corrected chi connectivity index (χ0v) is 18.2. The van der Waals surface area contributed by atoms with Gasteiger partial charge in [-0.2, -0.15) is 4.31 Å². The smallest absolute Gasteiger partial charge is 0.243 e. The van der Waals surface area contributed by atoms with Crippen molar-refractivity contribution in [3.05, 3.63) is 53.1 Å². The molecule has 0 saturated carbocycles. The number of rotatable bonds is 6. The molecule has 0 heterocycles. The van der Waals surface area contributed by atoms with Crippen LogP contribution in [0.25, 0.3) is 0 Å². The van der Waals surface area contributed by atoms with Crippen molar-refractivity contribution in [2.24, 2.45) is 0 Å². The number of carbonyl (C=O) groups is 1. The molecule has 0 spiro atoms. The number of nitrogens with zero attached hydrogens (tertiary/aromatic N) is 1. The molecule has 0 radical (unpaired) electrons. The first-order chi connectivity index (χ1) is 12.9. The van der Waals surface area contributed by atoms with Crippen molar-refractivity contribution in [1.82, 2.24) is 4.31 Å². The van der Waals surface area contributed by atoms with E-state index >= 15 is 0 Å². The van der Waals surface area contributed by atoms with Crippen molar-refractivity contribution in [2.45, 2.75) is 31.1 Å². The lowest BCUT2D eigenvalue weighted by Gasteiger charge is -2.22. The first-order valence-electron chi connectivity index (χ1n) is 8.65. The van der Waals surface area contributed by atoms with Crippen LogP contribution in [-0.2, 0) is 20.2 Å². The van der Waals surface area contributed by atoms with Crippen LogP contribution in [0.1, 0.15) is 26.3 Å². The van der Waals surface area contributed by atoms with E-state index in [4.69, 9.17) is 16.3 Å². The van der Waals surface area contributed by atoms with Crippen molar-refractivity contribution < 1.29 is 17.9 Å². The summed E-state index contributed by atoms with van der Waals surface area (Å²) in [7, 11) is -0.941. The lowest BCUT2D eigenvalue weighted by Crippen LogP contribution is -2.35. The van der Waals surface area contributed by atoms with E-state index in [-0.39, 0.29) is 16.9 Å². The van der Waals surface area contributed by atoms with Crippen molar-refractivity contribution >= 4 is 33.2 Å². The molecule has 0 atom stereocenters. The van der Waals surface area contributed by atoms with E-state index in [1.54, 1.807) is 6.07 Å². The molecule has 8 heteroatoms. The van der Waals surface area contributed by atoms with Crippen molar-refractivity contribution in [3.8, 4) is 5.75 Å². The predicted molar refractivity (Wildman–Crippen MR) is 112 cm³/mol. The van der Waals surface area contributed by atoms with E-state index in [1.165, 1.54) is 38.4 Å². The Morgan fingerprint density at radius 1 is 1.14 bits per heavy atom. The van der Waals surface area contributed by atoms with E-state index in [0.29, 0.717) is 16.5 Å². The highest BCUT2D eigenvalue weighted by Gasteiger charge is 2.24. The third kappa shape index (κ3) is 5.25. The third-order valence-corrected chi connectivity index (χ3v) is 6.30. The highest BCUT2D eigenvalue weighted by Crippen LogP contribution is 2.31. The van der Waals surface area contributed by atoms with Gasteiger partial charge in [-0.1, -0.05) is 38.4 Å². The average molecular weight is 425 g/mol. The normalized spacial score (nSPS) is 12.1. The van der Waals surface area contributed by atoms with Crippen LogP contribution in [-0.4, -0.2) is 39.3 Å². The van der Waals surface area contributed by atoms with Crippen LogP contribution >= 0.6 is 11.6 Å². The first kappa shape index (κ1) is 22.2.